The van der Waals surface area contributed by atoms with Crippen molar-refractivity contribution >= 4 is 23.9 Å². The van der Waals surface area contributed by atoms with E-state index in [1.165, 1.54) is 0 Å². The van der Waals surface area contributed by atoms with Crippen LogP contribution < -0.4 is 0 Å². The van der Waals surface area contributed by atoms with Crippen molar-refractivity contribution in [1.82, 2.24) is 0 Å². The number of rotatable bonds is 20. The van der Waals surface area contributed by atoms with Crippen LogP contribution in [0.15, 0.2) is 24.3 Å². The van der Waals surface area contributed by atoms with Gasteiger partial charge in [0.2, 0.25) is 0 Å². The van der Waals surface area contributed by atoms with Gasteiger partial charge in [0.1, 0.15) is 0 Å². The van der Waals surface area contributed by atoms with Crippen LogP contribution in [0.1, 0.15) is 111 Å². The van der Waals surface area contributed by atoms with Crippen LogP contribution in [0, 0.1) is 33.5 Å². The average Bonchev–Trinajstić information content (AvgIpc) is 3.89. The Morgan fingerprint density at radius 3 is 1.43 bits per heavy atom. The largest absolute Gasteiger partial charge is 0.465 e. The van der Waals surface area contributed by atoms with E-state index in [0.717, 1.165) is 57.8 Å². The summed E-state index contributed by atoms with van der Waals surface area (Å²) in [5.41, 5.74) is -1.87. The van der Waals surface area contributed by atoms with Gasteiger partial charge >= 0.3 is 23.9 Å². The molecular weight excluding hydrogens is 660 g/mol. The molecule has 4 aliphatic carbocycles. The zero-order valence-corrected chi connectivity index (χ0v) is 30.8. The number of carbonyl (C=O) groups is 4. The second-order valence-electron chi connectivity index (χ2n) is 15.7. The van der Waals surface area contributed by atoms with Gasteiger partial charge in [-0.05, 0) is 90.9 Å². The van der Waals surface area contributed by atoms with Gasteiger partial charge in [0.05, 0.1) is 31.8 Å². The fraction of sp³-hybridized carbons (Fsp3) is 0.795. The predicted octanol–water partition coefficient (Wildman–Crippen LogP) is 6.05. The molecule has 4 unspecified atom stereocenters. The summed E-state index contributed by atoms with van der Waals surface area (Å²) < 4.78 is 45.3. The van der Waals surface area contributed by atoms with Gasteiger partial charge in [-0.3, -0.25) is 9.59 Å². The molecule has 4 atom stereocenters. The Bertz CT molecular complexity index is 1340. The third-order valence-corrected chi connectivity index (χ3v) is 12.4. The maximum atomic E-state index is 13.0. The maximum absolute atomic E-state index is 13.0. The summed E-state index contributed by atoms with van der Waals surface area (Å²) in [6.07, 6.45) is 8.75. The SMILES string of the molecule is C=C(C(=O)OCCCCCCCCCOC(=O)C(=C)C12CC1CC(C1OC(C)O1)(C1OC(C)O1)C2)C12CC1CC(C(=O)OCC)(C(=O)OCC)C2. The van der Waals surface area contributed by atoms with Gasteiger partial charge in [0, 0.05) is 22.0 Å². The lowest BCUT2D eigenvalue weighted by atomic mass is 9.76. The molecule has 0 aromatic carbocycles. The summed E-state index contributed by atoms with van der Waals surface area (Å²) in [5, 5.41) is 0. The highest BCUT2D eigenvalue weighted by Gasteiger charge is 2.75. The molecule has 0 bridgehead atoms. The Labute approximate surface area is 301 Å². The molecule has 2 heterocycles. The van der Waals surface area contributed by atoms with Gasteiger partial charge < -0.3 is 37.9 Å². The second-order valence-corrected chi connectivity index (χ2v) is 15.7. The van der Waals surface area contributed by atoms with Crippen molar-refractivity contribution in [2.75, 3.05) is 26.4 Å². The monoisotopic (exact) mass is 716 g/mol. The first kappa shape index (κ1) is 37.9. The molecule has 6 rings (SSSR count). The molecule has 2 aliphatic heterocycles. The minimum Gasteiger partial charge on any atom is -0.465 e. The number of carbonyl (C=O) groups excluding carboxylic acids is 4. The third-order valence-electron chi connectivity index (χ3n) is 12.4. The second kappa shape index (κ2) is 14.9. The summed E-state index contributed by atoms with van der Waals surface area (Å²) >= 11 is 0. The van der Waals surface area contributed by atoms with E-state index < -0.39 is 46.7 Å². The minimum absolute atomic E-state index is 0.00474. The van der Waals surface area contributed by atoms with E-state index in [2.05, 4.69) is 13.2 Å². The highest BCUT2D eigenvalue weighted by atomic mass is 16.9. The van der Waals surface area contributed by atoms with Gasteiger partial charge in [0.15, 0.2) is 30.6 Å². The molecular formula is C39H56O12. The van der Waals surface area contributed by atoms with Crippen LogP contribution in [0.2, 0.25) is 0 Å². The van der Waals surface area contributed by atoms with Gasteiger partial charge in [-0.25, -0.2) is 9.59 Å². The van der Waals surface area contributed by atoms with Crippen molar-refractivity contribution in [2.24, 2.45) is 33.5 Å². The number of unbranched alkanes of at least 4 members (excludes halogenated alkanes) is 6. The molecule has 0 amide bonds. The summed E-state index contributed by atoms with van der Waals surface area (Å²) in [6, 6.07) is 0. The summed E-state index contributed by atoms with van der Waals surface area (Å²) in [6.45, 7) is 16.3. The average molecular weight is 717 g/mol. The normalized spacial score (nSPS) is 36.4. The molecule has 51 heavy (non-hydrogen) atoms. The summed E-state index contributed by atoms with van der Waals surface area (Å²) in [7, 11) is 0. The highest BCUT2D eigenvalue weighted by Crippen LogP contribution is 2.76. The van der Waals surface area contributed by atoms with Crippen molar-refractivity contribution in [1.29, 1.82) is 0 Å². The van der Waals surface area contributed by atoms with E-state index in [1.807, 2.05) is 13.8 Å². The van der Waals surface area contributed by atoms with Crippen molar-refractivity contribution in [2.45, 2.75) is 136 Å². The molecule has 6 aliphatic rings. The van der Waals surface area contributed by atoms with Crippen LogP contribution in [-0.4, -0.2) is 75.5 Å². The fourth-order valence-electron chi connectivity index (χ4n) is 9.49. The van der Waals surface area contributed by atoms with Gasteiger partial charge in [-0.1, -0.05) is 45.3 Å². The van der Waals surface area contributed by atoms with Gasteiger partial charge in [-0.15, -0.1) is 0 Å². The van der Waals surface area contributed by atoms with Crippen molar-refractivity contribution in [3.63, 3.8) is 0 Å². The van der Waals surface area contributed by atoms with E-state index in [0.29, 0.717) is 49.5 Å². The molecule has 12 nitrogen and oxygen atoms in total. The van der Waals surface area contributed by atoms with E-state index in [1.54, 1.807) is 13.8 Å². The number of fused-ring (bicyclic) bond motifs is 2. The number of hydrogen-bond acceptors (Lipinski definition) is 12. The first-order chi connectivity index (χ1) is 24.4. The molecule has 12 heteroatoms. The van der Waals surface area contributed by atoms with E-state index >= 15 is 0 Å². The van der Waals surface area contributed by atoms with Gasteiger partial charge in [-0.2, -0.15) is 0 Å². The highest BCUT2D eigenvalue weighted by molar-refractivity contribution is 6.02. The number of esters is 4. The Morgan fingerprint density at radius 2 is 1.00 bits per heavy atom. The maximum Gasteiger partial charge on any atom is 0.333 e. The van der Waals surface area contributed by atoms with Crippen molar-refractivity contribution < 1.29 is 57.1 Å². The Balaban J connectivity index is 0.821. The molecule has 284 valence electrons. The Hall–Kier alpha value is -2.80. The van der Waals surface area contributed by atoms with E-state index in [4.69, 9.17) is 37.9 Å². The quantitative estimate of drug-likeness (QED) is 0.0476. The minimum atomic E-state index is -1.39. The molecule has 4 saturated carbocycles. The standard InChI is InChI=1S/C39H56O12/c1-7-44-32(42)38(33(43)45-8-2)20-28-18-36(28,22-38)24(3)30(40)46-16-14-12-10-9-11-13-15-17-47-31(41)25(4)37-19-29(37)21-39(23-37,34-48-26(5)49-34)35-50-27(6)51-35/h26-29,34-35H,3-4,7-23H2,1-2,5-6H3. The van der Waals surface area contributed by atoms with Crippen LogP contribution in [0.4, 0.5) is 0 Å². The zero-order valence-electron chi connectivity index (χ0n) is 30.8. The van der Waals surface area contributed by atoms with Crippen molar-refractivity contribution in [3.8, 4) is 0 Å². The first-order valence-corrected chi connectivity index (χ1v) is 19.1. The first-order valence-electron chi connectivity index (χ1n) is 19.1. The van der Waals surface area contributed by atoms with E-state index in [-0.39, 0.29) is 49.5 Å². The van der Waals surface area contributed by atoms with Crippen LogP contribution in [0.3, 0.4) is 0 Å². The lowest BCUT2D eigenvalue weighted by Crippen LogP contribution is -2.61. The molecule has 0 N–H and O–H groups in total. The fourth-order valence-corrected chi connectivity index (χ4v) is 9.49. The topological polar surface area (TPSA) is 142 Å². The Kier molecular flexibility index (Phi) is 11.1. The van der Waals surface area contributed by atoms with Crippen LogP contribution in [-0.2, 0) is 57.1 Å². The lowest BCUT2D eigenvalue weighted by Gasteiger charge is -2.53. The summed E-state index contributed by atoms with van der Waals surface area (Å²) in [4.78, 5) is 51.6. The number of hydrogen-bond donors (Lipinski definition) is 0. The third kappa shape index (κ3) is 7.02. The molecule has 0 aromatic rings. The predicted molar refractivity (Wildman–Crippen MR) is 181 cm³/mol. The van der Waals surface area contributed by atoms with Gasteiger partial charge in [0.25, 0.3) is 0 Å². The Morgan fingerprint density at radius 1 is 0.588 bits per heavy atom. The molecule has 6 fully saturated rings. The van der Waals surface area contributed by atoms with E-state index in [9.17, 15) is 19.2 Å². The summed E-state index contributed by atoms with van der Waals surface area (Å²) in [5.74, 6) is -1.63. The van der Waals surface area contributed by atoms with Crippen LogP contribution >= 0.6 is 0 Å². The smallest absolute Gasteiger partial charge is 0.333 e. The number of ether oxygens (including phenoxy) is 8. The van der Waals surface area contributed by atoms with Crippen molar-refractivity contribution in [3.05, 3.63) is 24.3 Å². The van der Waals surface area contributed by atoms with Crippen LogP contribution in [0.25, 0.3) is 0 Å². The van der Waals surface area contributed by atoms with Crippen LogP contribution in [0.5, 0.6) is 0 Å². The lowest BCUT2D eigenvalue weighted by molar-refractivity contribution is -0.481. The molecule has 0 radical (unpaired) electrons. The zero-order chi connectivity index (χ0) is 36.6. The molecule has 0 spiro atoms. The molecule has 0 aromatic heterocycles. The molecule has 2 saturated heterocycles.